The highest BCUT2D eigenvalue weighted by Crippen LogP contribution is 2.34. The molecule has 0 fully saturated rings. The topological polar surface area (TPSA) is 40.5 Å². The van der Waals surface area contributed by atoms with Crippen molar-refractivity contribution in [1.29, 1.82) is 0 Å². The maximum absolute atomic E-state index is 11.7. The van der Waals surface area contributed by atoms with Crippen molar-refractivity contribution >= 4 is 11.6 Å². The number of benzene rings is 1. The molecule has 0 bridgehead atoms. The third-order valence-electron chi connectivity index (χ3n) is 2.89. The van der Waals surface area contributed by atoms with Crippen LogP contribution in [0.3, 0.4) is 0 Å². The first-order valence-electron chi connectivity index (χ1n) is 5.43. The van der Waals surface area contributed by atoms with Crippen LogP contribution in [0.4, 0.5) is 5.69 Å². The van der Waals surface area contributed by atoms with E-state index in [9.17, 15) is 9.90 Å². The Morgan fingerprint density at radius 1 is 1.56 bits per heavy atom. The van der Waals surface area contributed by atoms with Crippen molar-refractivity contribution in [2.45, 2.75) is 19.8 Å². The van der Waals surface area contributed by atoms with Gasteiger partial charge in [0.25, 0.3) is 0 Å². The zero-order valence-electron chi connectivity index (χ0n) is 9.36. The van der Waals surface area contributed by atoms with E-state index in [1.807, 2.05) is 13.0 Å². The molecule has 0 aromatic heterocycles. The molecule has 0 saturated heterocycles. The van der Waals surface area contributed by atoms with Crippen molar-refractivity contribution in [2.75, 3.05) is 11.4 Å². The van der Waals surface area contributed by atoms with E-state index in [0.29, 0.717) is 19.4 Å². The lowest BCUT2D eigenvalue weighted by molar-refractivity contribution is -0.117. The first kappa shape index (κ1) is 10.7. The van der Waals surface area contributed by atoms with E-state index in [1.54, 1.807) is 17.0 Å². The molecule has 16 heavy (non-hydrogen) atoms. The van der Waals surface area contributed by atoms with Crippen molar-refractivity contribution < 1.29 is 9.90 Å². The summed E-state index contributed by atoms with van der Waals surface area (Å²) in [4.78, 5) is 13.4. The number of hydrogen-bond acceptors (Lipinski definition) is 2. The summed E-state index contributed by atoms with van der Waals surface area (Å²) in [5, 5.41) is 9.77. The Labute approximate surface area is 95.0 Å². The number of phenolic OH excluding ortho intramolecular Hbond substituents is 1. The van der Waals surface area contributed by atoms with Gasteiger partial charge in [-0.05, 0) is 36.6 Å². The Hall–Kier alpha value is -1.77. The van der Waals surface area contributed by atoms with Crippen molar-refractivity contribution in [3.8, 4) is 5.75 Å². The molecule has 0 saturated carbocycles. The number of nitrogens with zero attached hydrogens (tertiary/aromatic N) is 1. The van der Waals surface area contributed by atoms with E-state index in [-0.39, 0.29) is 11.7 Å². The molecule has 2 rings (SSSR count). The summed E-state index contributed by atoms with van der Waals surface area (Å²) >= 11 is 0. The Morgan fingerprint density at radius 3 is 2.94 bits per heavy atom. The number of anilines is 1. The van der Waals surface area contributed by atoms with Crippen molar-refractivity contribution in [3.05, 3.63) is 35.9 Å². The van der Waals surface area contributed by atoms with Gasteiger partial charge in [-0.2, -0.15) is 0 Å². The summed E-state index contributed by atoms with van der Waals surface area (Å²) in [5.74, 6) is 0.358. The molecule has 1 N–H and O–H groups in total. The van der Waals surface area contributed by atoms with Gasteiger partial charge in [-0.25, -0.2) is 0 Å². The lowest BCUT2D eigenvalue weighted by Gasteiger charge is -2.15. The molecular formula is C13H15NO2. The standard InChI is InChI=1S/C13H15NO2/c1-3-5-9-6-11-10(7-12(9)15)8-13(16)14(11)4-2/h3,6-7,15H,1,4-5,8H2,2H3. The van der Waals surface area contributed by atoms with E-state index >= 15 is 0 Å². The largest absolute Gasteiger partial charge is 0.508 e. The molecule has 0 spiro atoms. The molecule has 0 unspecified atom stereocenters. The summed E-state index contributed by atoms with van der Waals surface area (Å²) in [6, 6.07) is 3.59. The third kappa shape index (κ3) is 1.58. The average Bonchev–Trinajstić information content (AvgIpc) is 2.54. The minimum Gasteiger partial charge on any atom is -0.508 e. The van der Waals surface area contributed by atoms with Crippen LogP contribution in [0.5, 0.6) is 5.75 Å². The summed E-state index contributed by atoms with van der Waals surface area (Å²) in [6.45, 7) is 6.28. The van der Waals surface area contributed by atoms with Crippen molar-refractivity contribution in [1.82, 2.24) is 0 Å². The van der Waals surface area contributed by atoms with Gasteiger partial charge in [0.1, 0.15) is 5.75 Å². The molecule has 3 heteroatoms. The van der Waals surface area contributed by atoms with E-state index in [2.05, 4.69) is 6.58 Å². The minimum absolute atomic E-state index is 0.104. The monoisotopic (exact) mass is 217 g/mol. The maximum Gasteiger partial charge on any atom is 0.231 e. The van der Waals surface area contributed by atoms with Crippen LogP contribution in [-0.4, -0.2) is 17.6 Å². The average molecular weight is 217 g/mol. The fourth-order valence-electron chi connectivity index (χ4n) is 2.11. The molecule has 1 amide bonds. The van der Waals surface area contributed by atoms with Gasteiger partial charge in [-0.1, -0.05) is 6.08 Å². The minimum atomic E-state index is 0.104. The quantitative estimate of drug-likeness (QED) is 0.787. The van der Waals surface area contributed by atoms with Gasteiger partial charge in [-0.3, -0.25) is 4.79 Å². The van der Waals surface area contributed by atoms with Crippen LogP contribution in [0, 0.1) is 0 Å². The number of phenols is 1. The van der Waals surface area contributed by atoms with Crippen LogP contribution in [0.1, 0.15) is 18.1 Å². The van der Waals surface area contributed by atoms with E-state index in [1.165, 1.54) is 0 Å². The normalized spacial score (nSPS) is 14.1. The van der Waals surface area contributed by atoms with Gasteiger partial charge in [-0.15, -0.1) is 6.58 Å². The summed E-state index contributed by atoms with van der Waals surface area (Å²) in [6.07, 6.45) is 2.75. The van der Waals surface area contributed by atoms with Crippen LogP contribution in [0.25, 0.3) is 0 Å². The summed E-state index contributed by atoms with van der Waals surface area (Å²) < 4.78 is 0. The van der Waals surface area contributed by atoms with Gasteiger partial charge < -0.3 is 10.0 Å². The number of likely N-dealkylation sites (N-methyl/N-ethyl adjacent to an activating group) is 1. The molecule has 0 atom stereocenters. The van der Waals surface area contributed by atoms with Crippen LogP contribution in [0.2, 0.25) is 0 Å². The second-order valence-corrected chi connectivity index (χ2v) is 3.92. The highest BCUT2D eigenvalue weighted by molar-refractivity contribution is 6.01. The molecule has 3 nitrogen and oxygen atoms in total. The van der Waals surface area contributed by atoms with Crippen LogP contribution < -0.4 is 4.90 Å². The molecule has 1 aliphatic heterocycles. The predicted octanol–water partition coefficient (Wildman–Crippen LogP) is 2.03. The van der Waals surface area contributed by atoms with Crippen LogP contribution in [0.15, 0.2) is 24.8 Å². The van der Waals surface area contributed by atoms with E-state index in [4.69, 9.17) is 0 Å². The van der Waals surface area contributed by atoms with Gasteiger partial charge in [0, 0.05) is 12.2 Å². The molecular weight excluding hydrogens is 202 g/mol. The van der Waals surface area contributed by atoms with Crippen molar-refractivity contribution in [2.24, 2.45) is 0 Å². The van der Waals surface area contributed by atoms with Gasteiger partial charge in [0.2, 0.25) is 5.91 Å². The van der Waals surface area contributed by atoms with Crippen LogP contribution in [-0.2, 0) is 17.6 Å². The second kappa shape index (κ2) is 4.00. The van der Waals surface area contributed by atoms with Gasteiger partial charge in [0.05, 0.1) is 6.42 Å². The molecule has 0 aliphatic carbocycles. The second-order valence-electron chi connectivity index (χ2n) is 3.92. The molecule has 1 heterocycles. The Morgan fingerprint density at radius 2 is 2.31 bits per heavy atom. The van der Waals surface area contributed by atoms with Crippen molar-refractivity contribution in [3.63, 3.8) is 0 Å². The zero-order chi connectivity index (χ0) is 11.7. The Bertz CT molecular complexity index is 451. The molecule has 0 radical (unpaired) electrons. The fraction of sp³-hybridized carbons (Fsp3) is 0.308. The van der Waals surface area contributed by atoms with E-state index < -0.39 is 0 Å². The highest BCUT2D eigenvalue weighted by atomic mass is 16.3. The SMILES string of the molecule is C=CCc1cc2c(cc1O)CC(=O)N2CC. The fourth-order valence-corrected chi connectivity index (χ4v) is 2.11. The number of carbonyl (C=O) groups is 1. The van der Waals surface area contributed by atoms with Crippen LogP contribution >= 0.6 is 0 Å². The molecule has 84 valence electrons. The summed E-state index contributed by atoms with van der Waals surface area (Å²) in [7, 11) is 0. The van der Waals surface area contributed by atoms with E-state index in [0.717, 1.165) is 16.8 Å². The number of aromatic hydroxyl groups is 1. The zero-order valence-corrected chi connectivity index (χ0v) is 9.36. The van der Waals surface area contributed by atoms with Gasteiger partial charge >= 0.3 is 0 Å². The first-order chi connectivity index (χ1) is 7.67. The highest BCUT2D eigenvalue weighted by Gasteiger charge is 2.26. The first-order valence-corrected chi connectivity index (χ1v) is 5.43. The van der Waals surface area contributed by atoms with Gasteiger partial charge in [0.15, 0.2) is 0 Å². The number of allylic oxidation sites excluding steroid dienone is 1. The predicted molar refractivity (Wildman–Crippen MR) is 63.7 cm³/mol. The number of rotatable bonds is 3. The smallest absolute Gasteiger partial charge is 0.231 e. The number of carbonyl (C=O) groups excluding carboxylic acids is 1. The molecule has 1 aromatic carbocycles. The number of hydrogen-bond donors (Lipinski definition) is 1. The lowest BCUT2D eigenvalue weighted by Crippen LogP contribution is -2.25. The summed E-state index contributed by atoms with van der Waals surface area (Å²) in [5.41, 5.74) is 2.67. The molecule has 1 aromatic rings. The number of amides is 1. The Balaban J connectivity index is 2.48. The number of fused-ring (bicyclic) bond motifs is 1. The Kier molecular flexibility index (Phi) is 2.69. The lowest BCUT2D eigenvalue weighted by atomic mass is 10.1. The molecule has 1 aliphatic rings. The third-order valence-corrected chi connectivity index (χ3v) is 2.89. The maximum atomic E-state index is 11.7.